The van der Waals surface area contributed by atoms with Crippen molar-refractivity contribution in [2.45, 2.75) is 47.0 Å². The molecule has 3 heteroatoms. The van der Waals surface area contributed by atoms with Gasteiger partial charge in [-0.2, -0.15) is 0 Å². The minimum atomic E-state index is -0.774. The molecule has 0 bridgehead atoms. The van der Waals surface area contributed by atoms with E-state index in [1.807, 2.05) is 0 Å². The first kappa shape index (κ1) is 17.1. The van der Waals surface area contributed by atoms with Crippen LogP contribution in [0.2, 0.25) is 0 Å². The van der Waals surface area contributed by atoms with Gasteiger partial charge in [0.05, 0.1) is 0 Å². The summed E-state index contributed by atoms with van der Waals surface area (Å²) >= 11 is 0. The molecule has 1 aromatic rings. The molecule has 0 aliphatic rings. The van der Waals surface area contributed by atoms with Crippen molar-refractivity contribution in [2.75, 3.05) is 13.1 Å². The average molecular weight is 283 g/mol. The van der Waals surface area contributed by atoms with E-state index in [0.717, 1.165) is 37.9 Å². The minimum absolute atomic E-state index is 0.0773. The van der Waals surface area contributed by atoms with Gasteiger partial charge in [-0.05, 0) is 48.4 Å². The lowest BCUT2D eigenvalue weighted by Crippen LogP contribution is -2.35. The number of hydrogen-bond donors (Lipinski definition) is 1. The minimum Gasteiger partial charge on any atom is -0.316 e. The fraction of sp³-hybridized carbons (Fsp3) is 0.647. The predicted octanol–water partition coefficient (Wildman–Crippen LogP) is 4.56. The SMILES string of the molecule is CCCC(C)(CNCC(C)C)Cc1ccc(F)c(F)c1. The van der Waals surface area contributed by atoms with E-state index in [9.17, 15) is 8.78 Å². The topological polar surface area (TPSA) is 12.0 Å². The zero-order chi connectivity index (χ0) is 15.2. The molecule has 0 aromatic heterocycles. The largest absolute Gasteiger partial charge is 0.316 e. The molecule has 0 saturated carbocycles. The standard InChI is InChI=1S/C17H27F2N/c1-5-8-17(4,12-20-11-13(2)3)10-14-6-7-15(18)16(19)9-14/h6-7,9,13,20H,5,8,10-12H2,1-4H3. The Morgan fingerprint density at radius 3 is 2.45 bits per heavy atom. The Bertz CT molecular complexity index is 417. The smallest absolute Gasteiger partial charge is 0.159 e. The Labute approximate surface area is 121 Å². The fourth-order valence-corrected chi connectivity index (χ4v) is 2.65. The summed E-state index contributed by atoms with van der Waals surface area (Å²) in [4.78, 5) is 0. The maximum Gasteiger partial charge on any atom is 0.159 e. The van der Waals surface area contributed by atoms with Crippen molar-refractivity contribution >= 4 is 0 Å². The van der Waals surface area contributed by atoms with Gasteiger partial charge in [-0.15, -0.1) is 0 Å². The van der Waals surface area contributed by atoms with Crippen LogP contribution in [0.1, 0.15) is 46.1 Å². The molecule has 0 amide bonds. The van der Waals surface area contributed by atoms with Crippen molar-refractivity contribution < 1.29 is 8.78 Å². The molecule has 0 spiro atoms. The van der Waals surface area contributed by atoms with Crippen LogP contribution in [0.25, 0.3) is 0 Å². The summed E-state index contributed by atoms with van der Waals surface area (Å²) in [6.45, 7) is 10.6. The van der Waals surface area contributed by atoms with Crippen LogP contribution >= 0.6 is 0 Å². The van der Waals surface area contributed by atoms with Gasteiger partial charge >= 0.3 is 0 Å². The Balaban J connectivity index is 2.71. The molecular formula is C17H27F2N. The molecule has 0 aliphatic heterocycles. The maximum absolute atomic E-state index is 13.3. The number of halogens is 2. The summed E-state index contributed by atoms with van der Waals surface area (Å²) in [5.74, 6) is -0.912. The third-order valence-electron chi connectivity index (χ3n) is 3.57. The third-order valence-corrected chi connectivity index (χ3v) is 3.57. The van der Waals surface area contributed by atoms with Gasteiger partial charge in [0, 0.05) is 6.54 Å². The number of nitrogens with one attached hydrogen (secondary N) is 1. The first-order valence-corrected chi connectivity index (χ1v) is 7.51. The van der Waals surface area contributed by atoms with Gasteiger partial charge in [0.1, 0.15) is 0 Å². The average Bonchev–Trinajstić information content (AvgIpc) is 2.33. The number of benzene rings is 1. The van der Waals surface area contributed by atoms with Crippen LogP contribution < -0.4 is 5.32 Å². The van der Waals surface area contributed by atoms with Crippen molar-refractivity contribution in [3.05, 3.63) is 35.4 Å². The van der Waals surface area contributed by atoms with Crippen molar-refractivity contribution in [1.29, 1.82) is 0 Å². The molecular weight excluding hydrogens is 256 g/mol. The molecule has 1 atom stereocenters. The molecule has 1 aromatic carbocycles. The fourth-order valence-electron chi connectivity index (χ4n) is 2.65. The molecule has 20 heavy (non-hydrogen) atoms. The lowest BCUT2D eigenvalue weighted by Gasteiger charge is -2.30. The summed E-state index contributed by atoms with van der Waals surface area (Å²) in [6.07, 6.45) is 2.92. The second-order valence-corrected chi connectivity index (χ2v) is 6.51. The lowest BCUT2D eigenvalue weighted by molar-refractivity contribution is 0.270. The summed E-state index contributed by atoms with van der Waals surface area (Å²) in [7, 11) is 0. The highest BCUT2D eigenvalue weighted by Gasteiger charge is 2.24. The van der Waals surface area contributed by atoms with Crippen molar-refractivity contribution in [2.24, 2.45) is 11.3 Å². The normalized spacial score (nSPS) is 14.6. The van der Waals surface area contributed by atoms with Gasteiger partial charge < -0.3 is 5.32 Å². The van der Waals surface area contributed by atoms with Crippen LogP contribution in [0.15, 0.2) is 18.2 Å². The third kappa shape index (κ3) is 5.58. The summed E-state index contributed by atoms with van der Waals surface area (Å²) in [5.41, 5.74) is 0.944. The second kappa shape index (κ2) is 7.72. The molecule has 0 radical (unpaired) electrons. The van der Waals surface area contributed by atoms with Crippen molar-refractivity contribution in [1.82, 2.24) is 5.32 Å². The van der Waals surface area contributed by atoms with Gasteiger partial charge in [0.2, 0.25) is 0 Å². The predicted molar refractivity (Wildman–Crippen MR) is 80.8 cm³/mol. The van der Waals surface area contributed by atoms with Gasteiger partial charge in [-0.1, -0.05) is 40.2 Å². The van der Waals surface area contributed by atoms with E-state index in [1.54, 1.807) is 6.07 Å². The first-order valence-electron chi connectivity index (χ1n) is 7.51. The molecule has 114 valence electrons. The van der Waals surface area contributed by atoms with Crippen molar-refractivity contribution in [3.63, 3.8) is 0 Å². The van der Waals surface area contributed by atoms with E-state index in [1.165, 1.54) is 12.1 Å². The van der Waals surface area contributed by atoms with Crippen LogP contribution in [-0.4, -0.2) is 13.1 Å². The molecule has 1 unspecified atom stereocenters. The van der Waals surface area contributed by atoms with Gasteiger partial charge in [0.25, 0.3) is 0 Å². The molecule has 1 nitrogen and oxygen atoms in total. The Kier molecular flexibility index (Phi) is 6.60. The maximum atomic E-state index is 13.3. The van der Waals surface area contributed by atoms with E-state index in [-0.39, 0.29) is 5.41 Å². The Morgan fingerprint density at radius 1 is 1.20 bits per heavy atom. The van der Waals surface area contributed by atoms with E-state index >= 15 is 0 Å². The van der Waals surface area contributed by atoms with Crippen LogP contribution in [-0.2, 0) is 6.42 Å². The molecule has 0 aliphatic carbocycles. The van der Waals surface area contributed by atoms with Gasteiger partial charge in [-0.3, -0.25) is 0 Å². The van der Waals surface area contributed by atoms with E-state index in [4.69, 9.17) is 0 Å². The number of hydrogen-bond acceptors (Lipinski definition) is 1. The quantitative estimate of drug-likeness (QED) is 0.737. The van der Waals surface area contributed by atoms with Crippen LogP contribution in [0.5, 0.6) is 0 Å². The molecule has 1 rings (SSSR count). The van der Waals surface area contributed by atoms with Crippen LogP contribution in [0.3, 0.4) is 0 Å². The lowest BCUT2D eigenvalue weighted by atomic mass is 9.79. The molecule has 0 heterocycles. The van der Waals surface area contributed by atoms with E-state index in [0.29, 0.717) is 5.92 Å². The monoisotopic (exact) mass is 283 g/mol. The summed E-state index contributed by atoms with van der Waals surface area (Å²) in [6, 6.07) is 4.24. The Hall–Kier alpha value is -0.960. The molecule has 0 saturated heterocycles. The highest BCUT2D eigenvalue weighted by Crippen LogP contribution is 2.28. The Morgan fingerprint density at radius 2 is 1.90 bits per heavy atom. The molecule has 0 fully saturated rings. The van der Waals surface area contributed by atoms with Crippen LogP contribution in [0, 0.1) is 23.0 Å². The van der Waals surface area contributed by atoms with E-state index in [2.05, 4.69) is 33.0 Å². The van der Waals surface area contributed by atoms with Gasteiger partial charge in [0.15, 0.2) is 11.6 Å². The van der Waals surface area contributed by atoms with E-state index < -0.39 is 11.6 Å². The highest BCUT2D eigenvalue weighted by molar-refractivity contribution is 5.19. The summed E-state index contributed by atoms with van der Waals surface area (Å²) < 4.78 is 26.3. The molecule has 1 N–H and O–H groups in total. The zero-order valence-electron chi connectivity index (χ0n) is 13.1. The summed E-state index contributed by atoms with van der Waals surface area (Å²) in [5, 5.41) is 3.49. The zero-order valence-corrected chi connectivity index (χ0v) is 13.1. The van der Waals surface area contributed by atoms with Gasteiger partial charge in [-0.25, -0.2) is 8.78 Å². The van der Waals surface area contributed by atoms with Crippen molar-refractivity contribution in [3.8, 4) is 0 Å². The number of rotatable bonds is 8. The first-order chi connectivity index (χ1) is 9.36. The second-order valence-electron chi connectivity index (χ2n) is 6.51. The highest BCUT2D eigenvalue weighted by atomic mass is 19.2. The van der Waals surface area contributed by atoms with Crippen LogP contribution in [0.4, 0.5) is 8.78 Å².